The lowest BCUT2D eigenvalue weighted by molar-refractivity contribution is 0.892. The fraction of sp³-hybridized carbons (Fsp3) is 0.100. The summed E-state index contributed by atoms with van der Waals surface area (Å²) in [5.41, 5.74) is 5.76. The van der Waals surface area contributed by atoms with E-state index in [4.69, 9.17) is 5.73 Å². The molecule has 5 nitrogen and oxygen atoms in total. The van der Waals surface area contributed by atoms with E-state index in [2.05, 4.69) is 15.0 Å². The van der Waals surface area contributed by atoms with Crippen LogP contribution in [0.25, 0.3) is 0 Å². The van der Waals surface area contributed by atoms with Crippen LogP contribution >= 0.6 is 11.8 Å². The summed E-state index contributed by atoms with van der Waals surface area (Å²) < 4.78 is 1.92. The smallest absolute Gasteiger partial charge is 0.162 e. The monoisotopic (exact) mass is 233 g/mol. The van der Waals surface area contributed by atoms with Gasteiger partial charge in [-0.2, -0.15) is 0 Å². The fourth-order valence-corrected chi connectivity index (χ4v) is 1.66. The van der Waals surface area contributed by atoms with Crippen molar-refractivity contribution in [2.45, 2.75) is 5.88 Å². The minimum absolute atomic E-state index is 0.493. The molecule has 82 valence electrons. The Balaban J connectivity index is 1.93. The minimum atomic E-state index is 0.493. The molecule has 0 spiro atoms. The Morgan fingerprint density at radius 3 is 3.06 bits per heavy atom. The van der Waals surface area contributed by atoms with E-state index >= 15 is 0 Å². The van der Waals surface area contributed by atoms with Gasteiger partial charge in [-0.05, 0) is 12.1 Å². The molecule has 2 N–H and O–H groups in total. The fourth-order valence-electron chi connectivity index (χ4n) is 1.07. The van der Waals surface area contributed by atoms with Gasteiger partial charge in [0.25, 0.3) is 0 Å². The van der Waals surface area contributed by atoms with Crippen molar-refractivity contribution in [3.8, 4) is 0 Å². The Labute approximate surface area is 97.4 Å². The van der Waals surface area contributed by atoms with Gasteiger partial charge >= 0.3 is 0 Å². The zero-order valence-electron chi connectivity index (χ0n) is 8.52. The van der Waals surface area contributed by atoms with Gasteiger partial charge in [0.15, 0.2) is 11.0 Å². The van der Waals surface area contributed by atoms with E-state index in [1.165, 1.54) is 11.8 Å². The van der Waals surface area contributed by atoms with Gasteiger partial charge in [0.05, 0.1) is 12.2 Å². The molecule has 0 bridgehead atoms. The molecule has 0 unspecified atom stereocenters. The first-order chi connectivity index (χ1) is 7.84. The number of amidine groups is 1. The van der Waals surface area contributed by atoms with Crippen LogP contribution in [0.15, 0.2) is 48.1 Å². The van der Waals surface area contributed by atoms with E-state index in [0.717, 1.165) is 0 Å². The molecule has 2 rings (SSSR count). The van der Waals surface area contributed by atoms with Gasteiger partial charge in [0, 0.05) is 18.6 Å². The predicted molar refractivity (Wildman–Crippen MR) is 65.3 cm³/mol. The Hall–Kier alpha value is -1.82. The van der Waals surface area contributed by atoms with Gasteiger partial charge in [-0.3, -0.25) is 0 Å². The number of pyridine rings is 1. The number of hydrogen-bond acceptors (Lipinski definition) is 4. The van der Waals surface area contributed by atoms with Crippen LogP contribution in [0.5, 0.6) is 0 Å². The van der Waals surface area contributed by atoms with Gasteiger partial charge in [0.1, 0.15) is 0 Å². The highest BCUT2D eigenvalue weighted by Crippen LogP contribution is 2.10. The zero-order chi connectivity index (χ0) is 11.2. The zero-order valence-corrected chi connectivity index (χ0v) is 9.34. The number of thioether (sulfide) groups is 1. The number of nitrogens with two attached hydrogens (primary N) is 1. The van der Waals surface area contributed by atoms with Crippen LogP contribution in [0, 0.1) is 0 Å². The third-order valence-corrected chi connectivity index (χ3v) is 2.61. The molecule has 0 saturated heterocycles. The molecule has 0 atom stereocenters. The predicted octanol–water partition coefficient (Wildman–Crippen LogP) is 1.62. The van der Waals surface area contributed by atoms with E-state index in [0.29, 0.717) is 16.9 Å². The highest BCUT2D eigenvalue weighted by Gasteiger charge is 1.96. The molecule has 0 amide bonds. The summed E-state index contributed by atoms with van der Waals surface area (Å²) in [5, 5.41) is 0.493. The van der Waals surface area contributed by atoms with Crippen molar-refractivity contribution < 1.29 is 0 Å². The highest BCUT2D eigenvalue weighted by molar-refractivity contribution is 8.12. The molecule has 0 saturated carbocycles. The molecule has 16 heavy (non-hydrogen) atoms. The average molecular weight is 233 g/mol. The minimum Gasteiger partial charge on any atom is -0.378 e. The SMILES string of the molecule is NC(=Nc1ccccn1)SCn1ccnc1. The van der Waals surface area contributed by atoms with Gasteiger partial charge in [-0.15, -0.1) is 0 Å². The van der Waals surface area contributed by atoms with Gasteiger partial charge in [-0.1, -0.05) is 17.8 Å². The molecule has 0 radical (unpaired) electrons. The lowest BCUT2D eigenvalue weighted by atomic mass is 10.5. The first-order valence-electron chi connectivity index (χ1n) is 4.68. The quantitative estimate of drug-likeness (QED) is 0.646. The second-order valence-electron chi connectivity index (χ2n) is 2.99. The highest BCUT2D eigenvalue weighted by atomic mass is 32.2. The molecule has 2 aromatic rings. The van der Waals surface area contributed by atoms with Crippen molar-refractivity contribution in [3.63, 3.8) is 0 Å². The van der Waals surface area contributed by atoms with E-state index in [-0.39, 0.29) is 0 Å². The van der Waals surface area contributed by atoms with Crippen molar-refractivity contribution in [1.82, 2.24) is 14.5 Å². The molecule has 2 aromatic heterocycles. The standard InChI is InChI=1S/C10H11N5S/c11-10(14-9-3-1-2-4-13-9)16-8-15-6-5-12-7-15/h1-7H,8H2,(H2,11,13,14). The largest absolute Gasteiger partial charge is 0.378 e. The molecular weight excluding hydrogens is 222 g/mol. The third kappa shape index (κ3) is 3.09. The van der Waals surface area contributed by atoms with Crippen molar-refractivity contribution in [2.75, 3.05) is 0 Å². The normalized spacial score (nSPS) is 11.6. The molecule has 6 heteroatoms. The van der Waals surface area contributed by atoms with E-state index in [1.807, 2.05) is 29.0 Å². The molecule has 0 fully saturated rings. The number of imidazole rings is 1. The van der Waals surface area contributed by atoms with E-state index < -0.39 is 0 Å². The van der Waals surface area contributed by atoms with Crippen molar-refractivity contribution in [1.29, 1.82) is 0 Å². The second-order valence-corrected chi connectivity index (χ2v) is 3.95. The third-order valence-electron chi connectivity index (χ3n) is 1.79. The number of hydrogen-bond donors (Lipinski definition) is 1. The van der Waals surface area contributed by atoms with Crippen LogP contribution in [0.3, 0.4) is 0 Å². The maximum Gasteiger partial charge on any atom is 0.162 e. The first-order valence-corrected chi connectivity index (χ1v) is 5.67. The van der Waals surface area contributed by atoms with Crippen LogP contribution in [-0.4, -0.2) is 19.7 Å². The van der Waals surface area contributed by atoms with Crippen molar-refractivity contribution >= 4 is 22.7 Å². The summed E-state index contributed by atoms with van der Waals surface area (Å²) in [6, 6.07) is 5.53. The summed E-state index contributed by atoms with van der Waals surface area (Å²) in [7, 11) is 0. The summed E-state index contributed by atoms with van der Waals surface area (Å²) in [6.07, 6.45) is 7.03. The maximum atomic E-state index is 5.76. The number of nitrogens with zero attached hydrogens (tertiary/aromatic N) is 4. The Kier molecular flexibility index (Phi) is 3.55. The molecule has 2 heterocycles. The molecule has 0 aliphatic carbocycles. The number of rotatable bonds is 3. The summed E-state index contributed by atoms with van der Waals surface area (Å²) >= 11 is 1.44. The van der Waals surface area contributed by atoms with E-state index in [1.54, 1.807) is 18.7 Å². The Morgan fingerprint density at radius 1 is 1.44 bits per heavy atom. The van der Waals surface area contributed by atoms with Crippen LogP contribution in [0.1, 0.15) is 0 Å². The topological polar surface area (TPSA) is 69.1 Å². The van der Waals surface area contributed by atoms with Gasteiger partial charge in [0.2, 0.25) is 0 Å². The lowest BCUT2D eigenvalue weighted by Crippen LogP contribution is -2.07. The maximum absolute atomic E-state index is 5.76. The summed E-state index contributed by atoms with van der Waals surface area (Å²) in [5.74, 6) is 1.32. The summed E-state index contributed by atoms with van der Waals surface area (Å²) in [4.78, 5) is 12.2. The van der Waals surface area contributed by atoms with Crippen molar-refractivity contribution in [2.24, 2.45) is 10.7 Å². The van der Waals surface area contributed by atoms with Gasteiger partial charge in [-0.25, -0.2) is 15.0 Å². The molecule has 0 aliphatic rings. The van der Waals surface area contributed by atoms with Crippen LogP contribution in [0.4, 0.5) is 5.82 Å². The molecular formula is C10H11N5S. The van der Waals surface area contributed by atoms with Gasteiger partial charge < -0.3 is 10.3 Å². The number of aromatic nitrogens is 3. The second kappa shape index (κ2) is 5.32. The molecule has 0 aliphatic heterocycles. The van der Waals surface area contributed by atoms with Crippen LogP contribution < -0.4 is 5.73 Å². The van der Waals surface area contributed by atoms with Crippen LogP contribution in [-0.2, 0) is 5.88 Å². The average Bonchev–Trinajstić information content (AvgIpc) is 2.81. The molecule has 0 aromatic carbocycles. The first kappa shape index (κ1) is 10.7. The number of aliphatic imine (C=N–C) groups is 1. The van der Waals surface area contributed by atoms with Crippen molar-refractivity contribution in [3.05, 3.63) is 43.1 Å². The van der Waals surface area contributed by atoms with Crippen LogP contribution in [0.2, 0.25) is 0 Å². The lowest BCUT2D eigenvalue weighted by Gasteiger charge is -2.01. The Morgan fingerprint density at radius 2 is 2.38 bits per heavy atom. The Bertz CT molecular complexity index is 451. The summed E-state index contributed by atoms with van der Waals surface area (Å²) in [6.45, 7) is 0. The van der Waals surface area contributed by atoms with E-state index in [9.17, 15) is 0 Å².